The molecule has 0 saturated carbocycles. The maximum Gasteiger partial charge on any atom is 0.573 e. The van der Waals surface area contributed by atoms with Crippen LogP contribution in [0.4, 0.5) is 13.2 Å². The number of aliphatic hydroxyl groups excluding tert-OH is 1. The molecule has 1 unspecified atom stereocenters. The van der Waals surface area contributed by atoms with Crippen LogP contribution in [-0.2, 0) is 0 Å². The minimum Gasteiger partial charge on any atom is -0.406 e. The van der Waals surface area contributed by atoms with Crippen molar-refractivity contribution >= 4 is 5.78 Å². The summed E-state index contributed by atoms with van der Waals surface area (Å²) in [5.41, 5.74) is 0.00569. The molecule has 0 aliphatic heterocycles. The van der Waals surface area contributed by atoms with E-state index in [1.165, 1.54) is 12.1 Å². The zero-order valence-corrected chi connectivity index (χ0v) is 11.3. The average molecular weight is 290 g/mol. The molecule has 1 aromatic carbocycles. The molecule has 0 amide bonds. The van der Waals surface area contributed by atoms with Crippen LogP contribution in [0.3, 0.4) is 0 Å². The number of ketones is 1. The lowest BCUT2D eigenvalue weighted by Crippen LogP contribution is -2.29. The minimum absolute atomic E-state index is 0.00569. The summed E-state index contributed by atoms with van der Waals surface area (Å²) >= 11 is 0. The summed E-state index contributed by atoms with van der Waals surface area (Å²) in [4.78, 5) is 12.0. The van der Waals surface area contributed by atoms with E-state index < -0.39 is 24.0 Å². The van der Waals surface area contributed by atoms with Gasteiger partial charge in [0.15, 0.2) is 5.78 Å². The molecular weight excluding hydrogens is 273 g/mol. The highest BCUT2D eigenvalue weighted by molar-refractivity contribution is 5.99. The number of carbonyl (C=O) groups excluding carboxylic acids is 1. The first-order chi connectivity index (χ1) is 9.28. The Labute approximate surface area is 115 Å². The van der Waals surface area contributed by atoms with Crippen molar-refractivity contribution in [1.82, 2.24) is 0 Å². The van der Waals surface area contributed by atoms with Gasteiger partial charge in [0.05, 0.1) is 0 Å². The van der Waals surface area contributed by atoms with Gasteiger partial charge in [-0.3, -0.25) is 4.79 Å². The van der Waals surface area contributed by atoms with Crippen LogP contribution in [0.15, 0.2) is 24.3 Å². The van der Waals surface area contributed by atoms with Crippen molar-refractivity contribution in [3.63, 3.8) is 0 Å². The van der Waals surface area contributed by atoms with E-state index in [0.29, 0.717) is 12.8 Å². The van der Waals surface area contributed by atoms with Gasteiger partial charge in [-0.25, -0.2) is 0 Å². The molecular formula is C14H17F3O3. The lowest BCUT2D eigenvalue weighted by Gasteiger charge is -2.19. The number of alkyl halides is 3. The van der Waals surface area contributed by atoms with Gasteiger partial charge in [-0.05, 0) is 18.1 Å². The van der Waals surface area contributed by atoms with E-state index in [1.807, 2.05) is 13.8 Å². The van der Waals surface area contributed by atoms with E-state index in [9.17, 15) is 23.1 Å². The topological polar surface area (TPSA) is 46.5 Å². The summed E-state index contributed by atoms with van der Waals surface area (Å²) in [6.45, 7) is 3.68. The normalized spacial score (nSPS) is 13.3. The molecule has 0 radical (unpaired) electrons. The van der Waals surface area contributed by atoms with Gasteiger partial charge >= 0.3 is 6.36 Å². The Bertz CT molecular complexity index is 453. The smallest absolute Gasteiger partial charge is 0.406 e. The van der Waals surface area contributed by atoms with Gasteiger partial charge < -0.3 is 9.84 Å². The number of ether oxygens (including phenoxy) is 1. The molecule has 1 N–H and O–H groups in total. The lowest BCUT2D eigenvalue weighted by atomic mass is 9.91. The highest BCUT2D eigenvalue weighted by Gasteiger charge is 2.31. The van der Waals surface area contributed by atoms with Crippen molar-refractivity contribution in [3.8, 4) is 5.75 Å². The second-order valence-corrected chi connectivity index (χ2v) is 4.46. The lowest BCUT2D eigenvalue weighted by molar-refractivity contribution is -0.274. The Morgan fingerprint density at radius 3 is 2.40 bits per heavy atom. The van der Waals surface area contributed by atoms with Gasteiger partial charge in [0.2, 0.25) is 0 Å². The molecule has 112 valence electrons. The Morgan fingerprint density at radius 2 is 1.90 bits per heavy atom. The molecule has 1 aromatic rings. The number of Topliss-reactive ketones (excluding diaryl/α,β-unsaturated/α-hetero) is 1. The van der Waals surface area contributed by atoms with Crippen LogP contribution in [0.2, 0.25) is 0 Å². The van der Waals surface area contributed by atoms with E-state index in [0.717, 1.165) is 12.1 Å². The highest BCUT2D eigenvalue weighted by atomic mass is 19.4. The average Bonchev–Trinajstić information content (AvgIpc) is 2.37. The van der Waals surface area contributed by atoms with Crippen molar-refractivity contribution in [2.75, 3.05) is 0 Å². The first-order valence-electron chi connectivity index (χ1n) is 6.36. The molecule has 0 aliphatic carbocycles. The van der Waals surface area contributed by atoms with Crippen LogP contribution in [0.25, 0.3) is 0 Å². The van der Waals surface area contributed by atoms with Crippen LogP contribution < -0.4 is 4.74 Å². The Balaban J connectivity index is 2.91. The van der Waals surface area contributed by atoms with Gasteiger partial charge in [-0.2, -0.15) is 0 Å². The van der Waals surface area contributed by atoms with Gasteiger partial charge in [0.1, 0.15) is 11.9 Å². The van der Waals surface area contributed by atoms with Gasteiger partial charge in [0, 0.05) is 5.56 Å². The second kappa shape index (κ2) is 6.74. The molecule has 3 nitrogen and oxygen atoms in total. The molecule has 20 heavy (non-hydrogen) atoms. The van der Waals surface area contributed by atoms with E-state index in [2.05, 4.69) is 4.74 Å². The number of benzene rings is 1. The maximum absolute atomic E-state index is 12.1. The number of hydrogen-bond donors (Lipinski definition) is 1. The predicted molar refractivity (Wildman–Crippen MR) is 67.5 cm³/mol. The first kappa shape index (κ1) is 16.5. The number of carbonyl (C=O) groups is 1. The molecule has 0 aromatic heterocycles. The molecule has 0 bridgehead atoms. The summed E-state index contributed by atoms with van der Waals surface area (Å²) in [5, 5.41) is 9.94. The predicted octanol–water partition coefficient (Wildman–Crippen LogP) is 3.57. The molecule has 0 saturated heterocycles. The minimum atomic E-state index is -4.81. The number of hydrogen-bond acceptors (Lipinski definition) is 3. The largest absolute Gasteiger partial charge is 0.573 e. The van der Waals surface area contributed by atoms with Gasteiger partial charge in [0.25, 0.3) is 0 Å². The quantitative estimate of drug-likeness (QED) is 0.815. The van der Waals surface area contributed by atoms with Crippen molar-refractivity contribution in [3.05, 3.63) is 29.8 Å². The second-order valence-electron chi connectivity index (χ2n) is 4.46. The summed E-state index contributed by atoms with van der Waals surface area (Å²) in [6, 6.07) is 4.74. The van der Waals surface area contributed by atoms with Crippen LogP contribution in [0, 0.1) is 5.92 Å². The fraction of sp³-hybridized carbons (Fsp3) is 0.500. The first-order valence-corrected chi connectivity index (χ1v) is 6.36. The molecule has 6 heteroatoms. The third-order valence-electron chi connectivity index (χ3n) is 3.12. The summed E-state index contributed by atoms with van der Waals surface area (Å²) in [5.74, 6) is -1.28. The van der Waals surface area contributed by atoms with Gasteiger partial charge in [-0.15, -0.1) is 13.2 Å². The zero-order chi connectivity index (χ0) is 15.3. The van der Waals surface area contributed by atoms with Crippen molar-refractivity contribution in [2.24, 2.45) is 5.92 Å². The van der Waals surface area contributed by atoms with E-state index >= 15 is 0 Å². The zero-order valence-electron chi connectivity index (χ0n) is 11.3. The van der Waals surface area contributed by atoms with E-state index in [4.69, 9.17) is 0 Å². The van der Waals surface area contributed by atoms with Crippen LogP contribution in [0.5, 0.6) is 5.75 Å². The fourth-order valence-electron chi connectivity index (χ4n) is 1.97. The molecule has 0 spiro atoms. The molecule has 0 aliphatic rings. The fourth-order valence-corrected chi connectivity index (χ4v) is 1.97. The summed E-state index contributed by atoms with van der Waals surface area (Å²) < 4.78 is 40.1. The third-order valence-corrected chi connectivity index (χ3v) is 3.12. The standard InChI is InChI=1S/C14H17F3O3/c1-3-9(4-2)12(18)13(19)10-6-5-7-11(8-10)20-14(15,16)17/h5-9,12,18H,3-4H2,1-2H3. The Hall–Kier alpha value is -1.56. The number of halogens is 3. The third kappa shape index (κ3) is 4.52. The van der Waals surface area contributed by atoms with Gasteiger partial charge in [-0.1, -0.05) is 38.8 Å². The Kier molecular flexibility index (Phi) is 5.56. The molecule has 1 rings (SSSR count). The molecule has 0 heterocycles. The van der Waals surface area contributed by atoms with Crippen LogP contribution in [0.1, 0.15) is 37.0 Å². The number of aliphatic hydroxyl groups is 1. The SMILES string of the molecule is CCC(CC)C(O)C(=O)c1cccc(OC(F)(F)F)c1. The van der Waals surface area contributed by atoms with E-state index in [-0.39, 0.29) is 11.5 Å². The highest BCUT2D eigenvalue weighted by Crippen LogP contribution is 2.25. The summed E-state index contributed by atoms with van der Waals surface area (Å²) in [6.07, 6.45) is -4.80. The van der Waals surface area contributed by atoms with Crippen molar-refractivity contribution in [1.29, 1.82) is 0 Å². The van der Waals surface area contributed by atoms with Crippen molar-refractivity contribution < 1.29 is 27.8 Å². The molecule has 1 atom stereocenters. The number of rotatable bonds is 6. The van der Waals surface area contributed by atoms with Crippen LogP contribution in [-0.4, -0.2) is 23.4 Å². The Morgan fingerprint density at radius 1 is 1.30 bits per heavy atom. The maximum atomic E-state index is 12.1. The monoisotopic (exact) mass is 290 g/mol. The van der Waals surface area contributed by atoms with Crippen molar-refractivity contribution in [2.45, 2.75) is 39.2 Å². The van der Waals surface area contributed by atoms with E-state index in [1.54, 1.807) is 0 Å². The summed E-state index contributed by atoms with van der Waals surface area (Å²) in [7, 11) is 0. The van der Waals surface area contributed by atoms with Crippen LogP contribution >= 0.6 is 0 Å². The molecule has 0 fully saturated rings.